The van der Waals surface area contributed by atoms with Crippen LogP contribution in [0.15, 0.2) is 0 Å². The lowest BCUT2D eigenvalue weighted by molar-refractivity contribution is -0.133. The molecule has 0 spiro atoms. The second-order valence-electron chi connectivity index (χ2n) is 5.11. The second kappa shape index (κ2) is 5.89. The van der Waals surface area contributed by atoms with Crippen LogP contribution in [0.3, 0.4) is 0 Å². The lowest BCUT2D eigenvalue weighted by Crippen LogP contribution is -2.35. The predicted molar refractivity (Wildman–Crippen MR) is 63.5 cm³/mol. The highest BCUT2D eigenvalue weighted by Gasteiger charge is 2.24. The molecular formula is C13H22N2O. The van der Waals surface area contributed by atoms with Crippen molar-refractivity contribution in [3.8, 4) is 6.07 Å². The molecule has 1 saturated heterocycles. The number of carbonyl (C=O) groups excluding carboxylic acids is 1. The molecule has 3 heteroatoms. The summed E-state index contributed by atoms with van der Waals surface area (Å²) in [6.45, 7) is 7.84. The summed E-state index contributed by atoms with van der Waals surface area (Å²) in [7, 11) is 0. The summed E-state index contributed by atoms with van der Waals surface area (Å²) in [6, 6.07) is 2.03. The summed E-state index contributed by atoms with van der Waals surface area (Å²) >= 11 is 0. The molecule has 2 unspecified atom stereocenters. The molecule has 3 nitrogen and oxygen atoms in total. The van der Waals surface area contributed by atoms with Crippen molar-refractivity contribution in [2.45, 2.75) is 40.0 Å². The van der Waals surface area contributed by atoms with Gasteiger partial charge in [-0.25, -0.2) is 0 Å². The number of likely N-dealkylation sites (tertiary alicyclic amines) is 1. The summed E-state index contributed by atoms with van der Waals surface area (Å²) in [4.78, 5) is 13.7. The SMILES string of the molecule is CC(C#N)C(=O)N1CCCC(C(C)C)CC1. The van der Waals surface area contributed by atoms with Gasteiger partial charge in [-0.15, -0.1) is 0 Å². The number of hydrogen-bond acceptors (Lipinski definition) is 2. The Kier molecular flexibility index (Phi) is 4.79. The maximum absolute atomic E-state index is 11.9. The van der Waals surface area contributed by atoms with Gasteiger partial charge in [0.05, 0.1) is 6.07 Å². The van der Waals surface area contributed by atoms with Crippen molar-refractivity contribution in [1.29, 1.82) is 5.26 Å². The zero-order valence-electron chi connectivity index (χ0n) is 10.6. The molecule has 1 aliphatic heterocycles. The molecule has 0 aromatic rings. The molecule has 0 bridgehead atoms. The number of amides is 1. The Balaban J connectivity index is 2.54. The van der Waals surface area contributed by atoms with E-state index in [2.05, 4.69) is 13.8 Å². The van der Waals surface area contributed by atoms with Gasteiger partial charge >= 0.3 is 0 Å². The van der Waals surface area contributed by atoms with Crippen molar-refractivity contribution in [1.82, 2.24) is 4.90 Å². The number of carbonyl (C=O) groups is 1. The predicted octanol–water partition coefficient (Wildman–Crippen LogP) is 2.43. The van der Waals surface area contributed by atoms with Crippen LogP contribution in [0.25, 0.3) is 0 Å². The highest BCUT2D eigenvalue weighted by molar-refractivity contribution is 5.80. The summed E-state index contributed by atoms with van der Waals surface area (Å²) in [6.07, 6.45) is 3.37. The zero-order valence-corrected chi connectivity index (χ0v) is 10.6. The van der Waals surface area contributed by atoms with E-state index in [9.17, 15) is 4.79 Å². The molecule has 1 heterocycles. The number of hydrogen-bond donors (Lipinski definition) is 0. The van der Waals surface area contributed by atoms with E-state index >= 15 is 0 Å². The summed E-state index contributed by atoms with van der Waals surface area (Å²) in [5, 5.41) is 8.75. The maximum Gasteiger partial charge on any atom is 0.239 e. The van der Waals surface area contributed by atoms with Crippen LogP contribution in [0, 0.1) is 29.1 Å². The molecule has 0 aromatic carbocycles. The van der Waals surface area contributed by atoms with E-state index in [1.807, 2.05) is 11.0 Å². The molecule has 0 N–H and O–H groups in total. The minimum absolute atomic E-state index is 0.00639. The third kappa shape index (κ3) is 3.23. The van der Waals surface area contributed by atoms with Gasteiger partial charge in [0, 0.05) is 13.1 Å². The van der Waals surface area contributed by atoms with E-state index in [0.717, 1.165) is 31.8 Å². The average molecular weight is 222 g/mol. The van der Waals surface area contributed by atoms with Crippen molar-refractivity contribution in [3.63, 3.8) is 0 Å². The first-order valence-electron chi connectivity index (χ1n) is 6.24. The quantitative estimate of drug-likeness (QED) is 0.720. The molecule has 1 aliphatic rings. The van der Waals surface area contributed by atoms with Crippen LogP contribution in [-0.4, -0.2) is 23.9 Å². The molecule has 0 saturated carbocycles. The van der Waals surface area contributed by atoms with Crippen LogP contribution in [0.5, 0.6) is 0 Å². The third-order valence-corrected chi connectivity index (χ3v) is 3.59. The summed E-state index contributed by atoms with van der Waals surface area (Å²) in [5.74, 6) is 0.946. The van der Waals surface area contributed by atoms with Crippen LogP contribution >= 0.6 is 0 Å². The fourth-order valence-corrected chi connectivity index (χ4v) is 2.34. The Morgan fingerprint density at radius 2 is 2.00 bits per heavy atom. The van der Waals surface area contributed by atoms with Gasteiger partial charge < -0.3 is 4.90 Å². The summed E-state index contributed by atoms with van der Waals surface area (Å²) < 4.78 is 0. The molecule has 0 aromatic heterocycles. The van der Waals surface area contributed by atoms with E-state index in [1.165, 1.54) is 6.42 Å². The Morgan fingerprint density at radius 3 is 2.56 bits per heavy atom. The Labute approximate surface area is 98.4 Å². The molecular weight excluding hydrogens is 200 g/mol. The highest BCUT2D eigenvalue weighted by Crippen LogP contribution is 2.25. The highest BCUT2D eigenvalue weighted by atomic mass is 16.2. The van der Waals surface area contributed by atoms with Crippen LogP contribution in [0.1, 0.15) is 40.0 Å². The summed E-state index contributed by atoms with van der Waals surface area (Å²) in [5.41, 5.74) is 0. The molecule has 1 fully saturated rings. The van der Waals surface area contributed by atoms with Crippen LogP contribution < -0.4 is 0 Å². The zero-order chi connectivity index (χ0) is 12.1. The molecule has 16 heavy (non-hydrogen) atoms. The molecule has 0 aliphatic carbocycles. The van der Waals surface area contributed by atoms with Crippen molar-refractivity contribution in [3.05, 3.63) is 0 Å². The van der Waals surface area contributed by atoms with Gasteiger partial charge in [-0.3, -0.25) is 4.79 Å². The molecule has 2 atom stereocenters. The third-order valence-electron chi connectivity index (χ3n) is 3.59. The Morgan fingerprint density at radius 1 is 1.31 bits per heavy atom. The second-order valence-corrected chi connectivity index (χ2v) is 5.11. The first-order chi connectivity index (χ1) is 7.56. The van der Waals surface area contributed by atoms with E-state index in [0.29, 0.717) is 5.92 Å². The number of rotatable bonds is 2. The van der Waals surface area contributed by atoms with Gasteiger partial charge in [0.2, 0.25) is 5.91 Å². The molecule has 90 valence electrons. The van der Waals surface area contributed by atoms with E-state index < -0.39 is 5.92 Å². The van der Waals surface area contributed by atoms with Crippen LogP contribution in [0.4, 0.5) is 0 Å². The van der Waals surface area contributed by atoms with Gasteiger partial charge in [0.1, 0.15) is 5.92 Å². The molecule has 1 amide bonds. The largest absolute Gasteiger partial charge is 0.342 e. The van der Waals surface area contributed by atoms with Gasteiger partial charge in [-0.05, 0) is 38.0 Å². The van der Waals surface area contributed by atoms with E-state index in [4.69, 9.17) is 5.26 Å². The lowest BCUT2D eigenvalue weighted by Gasteiger charge is -2.22. The number of nitrogens with zero attached hydrogens (tertiary/aromatic N) is 2. The van der Waals surface area contributed by atoms with E-state index in [-0.39, 0.29) is 5.91 Å². The normalized spacial score (nSPS) is 23.7. The van der Waals surface area contributed by atoms with Crippen molar-refractivity contribution in [2.24, 2.45) is 17.8 Å². The van der Waals surface area contributed by atoms with Gasteiger partial charge in [-0.1, -0.05) is 13.8 Å². The van der Waals surface area contributed by atoms with Crippen LogP contribution in [0.2, 0.25) is 0 Å². The lowest BCUT2D eigenvalue weighted by atomic mass is 9.89. The minimum Gasteiger partial charge on any atom is -0.342 e. The monoisotopic (exact) mass is 222 g/mol. The van der Waals surface area contributed by atoms with Crippen molar-refractivity contribution in [2.75, 3.05) is 13.1 Å². The van der Waals surface area contributed by atoms with Gasteiger partial charge in [0.25, 0.3) is 0 Å². The molecule has 0 radical (unpaired) electrons. The Hall–Kier alpha value is -1.04. The average Bonchev–Trinajstić information content (AvgIpc) is 2.52. The van der Waals surface area contributed by atoms with Gasteiger partial charge in [-0.2, -0.15) is 5.26 Å². The number of nitriles is 1. The topological polar surface area (TPSA) is 44.1 Å². The maximum atomic E-state index is 11.9. The fraction of sp³-hybridized carbons (Fsp3) is 0.846. The Bertz CT molecular complexity index is 280. The molecule has 1 rings (SSSR count). The first kappa shape index (κ1) is 13.0. The van der Waals surface area contributed by atoms with Crippen LogP contribution in [-0.2, 0) is 4.79 Å². The minimum atomic E-state index is -0.490. The first-order valence-corrected chi connectivity index (χ1v) is 6.24. The van der Waals surface area contributed by atoms with E-state index in [1.54, 1.807) is 6.92 Å². The van der Waals surface area contributed by atoms with Crippen molar-refractivity contribution >= 4 is 5.91 Å². The standard InChI is InChI=1S/C13H22N2O/c1-10(2)12-5-4-7-15(8-6-12)13(16)11(3)9-14/h10-12H,4-8H2,1-3H3. The fourth-order valence-electron chi connectivity index (χ4n) is 2.34. The smallest absolute Gasteiger partial charge is 0.239 e. The van der Waals surface area contributed by atoms with Crippen molar-refractivity contribution < 1.29 is 4.79 Å². The van der Waals surface area contributed by atoms with Gasteiger partial charge in [0.15, 0.2) is 0 Å².